The maximum atomic E-state index is 13.2. The molecule has 0 aliphatic rings. The highest BCUT2D eigenvalue weighted by atomic mass is 19.1. The van der Waals surface area contributed by atoms with Crippen LogP contribution < -0.4 is 5.63 Å². The van der Waals surface area contributed by atoms with Crippen LogP contribution in [0.3, 0.4) is 0 Å². The van der Waals surface area contributed by atoms with E-state index in [2.05, 4.69) is 0 Å². The fourth-order valence-electron chi connectivity index (χ4n) is 2.64. The number of Topliss-reactive ketones (excluding diaryl/α,β-unsaturated/α-hetero) is 1. The fourth-order valence-corrected chi connectivity index (χ4v) is 2.64. The minimum Gasteiger partial charge on any atom is -0.422 e. The fraction of sp³-hybridized carbons (Fsp3) is 0.158. The summed E-state index contributed by atoms with van der Waals surface area (Å²) >= 11 is 0. The largest absolute Gasteiger partial charge is 0.422 e. The number of hydrogen-bond acceptors (Lipinski definition) is 3. The van der Waals surface area contributed by atoms with E-state index in [1.54, 1.807) is 24.3 Å². The van der Waals surface area contributed by atoms with Gasteiger partial charge in [-0.15, -0.1) is 0 Å². The Morgan fingerprint density at radius 1 is 1.04 bits per heavy atom. The molecule has 0 aliphatic carbocycles. The monoisotopic (exact) mass is 310 g/mol. The topological polar surface area (TPSA) is 47.3 Å². The Morgan fingerprint density at radius 3 is 2.35 bits per heavy atom. The molecule has 0 fully saturated rings. The molecule has 23 heavy (non-hydrogen) atoms. The Kier molecular flexibility index (Phi) is 4.06. The summed E-state index contributed by atoms with van der Waals surface area (Å²) < 4.78 is 18.6. The van der Waals surface area contributed by atoms with Gasteiger partial charge in [-0.1, -0.05) is 18.2 Å². The van der Waals surface area contributed by atoms with Crippen LogP contribution in [0, 0.1) is 5.82 Å². The van der Waals surface area contributed by atoms with E-state index < -0.39 is 5.63 Å². The van der Waals surface area contributed by atoms with Gasteiger partial charge < -0.3 is 9.21 Å². The first-order chi connectivity index (χ1) is 11.1. The van der Waals surface area contributed by atoms with E-state index >= 15 is 0 Å². The predicted octanol–water partition coefficient (Wildman–Crippen LogP) is 4.12. The molecule has 0 amide bonds. The van der Waals surface area contributed by atoms with Crippen molar-refractivity contribution in [2.45, 2.75) is 19.8 Å². The lowest BCUT2D eigenvalue weighted by atomic mass is 9.97. The van der Waals surface area contributed by atoms with Gasteiger partial charge in [-0.3, -0.25) is 0 Å². The predicted molar refractivity (Wildman–Crippen MR) is 86.9 cm³/mol. The molecule has 0 spiro atoms. The highest BCUT2D eigenvalue weighted by Gasteiger charge is 2.15. The van der Waals surface area contributed by atoms with Gasteiger partial charge in [0.25, 0.3) is 0 Å². The van der Waals surface area contributed by atoms with Gasteiger partial charge in [0.05, 0.1) is 5.39 Å². The second kappa shape index (κ2) is 6.16. The molecular formula is C19H15FO3. The van der Waals surface area contributed by atoms with Crippen molar-refractivity contribution in [1.29, 1.82) is 0 Å². The summed E-state index contributed by atoms with van der Waals surface area (Å²) in [4.78, 5) is 23.6. The minimum absolute atomic E-state index is 0.0605. The number of ketones is 1. The van der Waals surface area contributed by atoms with Crippen molar-refractivity contribution in [3.05, 3.63) is 70.3 Å². The first kappa shape index (κ1) is 15.2. The third-order valence-electron chi connectivity index (χ3n) is 3.77. The van der Waals surface area contributed by atoms with E-state index in [9.17, 15) is 14.0 Å². The number of aryl methyl sites for hydroxylation is 1. The number of fused-ring (bicyclic) bond motifs is 1. The molecule has 0 N–H and O–H groups in total. The van der Waals surface area contributed by atoms with Gasteiger partial charge in [0.15, 0.2) is 0 Å². The van der Waals surface area contributed by atoms with Crippen LogP contribution in [-0.2, 0) is 11.2 Å². The van der Waals surface area contributed by atoms with Gasteiger partial charge >= 0.3 is 5.63 Å². The van der Waals surface area contributed by atoms with Gasteiger partial charge in [0, 0.05) is 17.5 Å². The molecule has 116 valence electrons. The second-order valence-corrected chi connectivity index (χ2v) is 5.45. The van der Waals surface area contributed by atoms with Crippen LogP contribution >= 0.6 is 0 Å². The highest BCUT2D eigenvalue weighted by Crippen LogP contribution is 2.29. The van der Waals surface area contributed by atoms with E-state index in [0.717, 1.165) is 10.9 Å². The number of carbonyl (C=O) groups is 1. The lowest BCUT2D eigenvalue weighted by Gasteiger charge is -2.11. The molecule has 0 aliphatic heterocycles. The van der Waals surface area contributed by atoms with E-state index in [1.807, 2.05) is 12.1 Å². The van der Waals surface area contributed by atoms with Crippen LogP contribution in [-0.4, -0.2) is 5.78 Å². The number of benzene rings is 2. The third-order valence-corrected chi connectivity index (χ3v) is 3.77. The number of rotatable bonds is 4. The summed E-state index contributed by atoms with van der Waals surface area (Å²) in [6.07, 6.45) is 0.818. The van der Waals surface area contributed by atoms with E-state index in [1.165, 1.54) is 19.1 Å². The Morgan fingerprint density at radius 2 is 1.70 bits per heavy atom. The van der Waals surface area contributed by atoms with Gasteiger partial charge in [0.1, 0.15) is 17.4 Å². The molecule has 0 bridgehead atoms. The van der Waals surface area contributed by atoms with Gasteiger partial charge in [0.2, 0.25) is 0 Å². The van der Waals surface area contributed by atoms with E-state index in [0.29, 0.717) is 29.6 Å². The Balaban J connectivity index is 2.26. The van der Waals surface area contributed by atoms with Crippen molar-refractivity contribution in [2.24, 2.45) is 0 Å². The zero-order valence-electron chi connectivity index (χ0n) is 12.6. The van der Waals surface area contributed by atoms with E-state index in [-0.39, 0.29) is 11.6 Å². The van der Waals surface area contributed by atoms with Crippen LogP contribution in [0.25, 0.3) is 22.1 Å². The van der Waals surface area contributed by atoms with Crippen LogP contribution in [0.1, 0.15) is 18.9 Å². The van der Waals surface area contributed by atoms with Crippen molar-refractivity contribution in [1.82, 2.24) is 0 Å². The molecule has 3 aromatic rings. The summed E-state index contributed by atoms with van der Waals surface area (Å²) in [6, 6.07) is 12.9. The number of carbonyl (C=O) groups excluding carboxylic acids is 1. The first-order valence-electron chi connectivity index (χ1n) is 7.36. The maximum Gasteiger partial charge on any atom is 0.344 e. The molecule has 0 unspecified atom stereocenters. The SMILES string of the molecule is CC(=O)CCc1c(-c2ccc(F)cc2)oc(=O)c2ccccc12. The summed E-state index contributed by atoms with van der Waals surface area (Å²) in [5.74, 6) is 0.0995. The van der Waals surface area contributed by atoms with Crippen LogP contribution in [0.2, 0.25) is 0 Å². The quantitative estimate of drug-likeness (QED) is 0.728. The molecule has 1 aromatic heterocycles. The Bertz CT molecular complexity index is 923. The van der Waals surface area contributed by atoms with Gasteiger partial charge in [-0.05, 0) is 49.1 Å². The standard InChI is InChI=1S/C19H15FO3/c1-12(21)6-11-16-15-4-2-3-5-17(15)19(22)23-18(16)13-7-9-14(20)10-8-13/h2-5,7-10H,6,11H2,1H3. The zero-order chi connectivity index (χ0) is 16.4. The van der Waals surface area contributed by atoms with Gasteiger partial charge in [-0.2, -0.15) is 0 Å². The lowest BCUT2D eigenvalue weighted by molar-refractivity contribution is -0.116. The van der Waals surface area contributed by atoms with Gasteiger partial charge in [-0.25, -0.2) is 9.18 Å². The number of halogens is 1. The normalized spacial score (nSPS) is 10.9. The van der Waals surface area contributed by atoms with Crippen LogP contribution in [0.4, 0.5) is 4.39 Å². The Labute approximate surface area is 132 Å². The smallest absolute Gasteiger partial charge is 0.344 e. The van der Waals surface area contributed by atoms with E-state index in [4.69, 9.17) is 4.42 Å². The van der Waals surface area contributed by atoms with Crippen molar-refractivity contribution in [3.63, 3.8) is 0 Å². The number of hydrogen-bond donors (Lipinski definition) is 0. The molecule has 3 nitrogen and oxygen atoms in total. The lowest BCUT2D eigenvalue weighted by Crippen LogP contribution is -2.06. The second-order valence-electron chi connectivity index (χ2n) is 5.45. The van der Waals surface area contributed by atoms with Crippen LogP contribution in [0.5, 0.6) is 0 Å². The zero-order valence-corrected chi connectivity index (χ0v) is 12.6. The molecule has 0 saturated carbocycles. The van der Waals surface area contributed by atoms with Crippen LogP contribution in [0.15, 0.2) is 57.7 Å². The van der Waals surface area contributed by atoms with Crippen molar-refractivity contribution >= 4 is 16.6 Å². The minimum atomic E-state index is -0.438. The summed E-state index contributed by atoms with van der Waals surface area (Å²) in [6.45, 7) is 1.53. The van der Waals surface area contributed by atoms with Crippen molar-refractivity contribution in [3.8, 4) is 11.3 Å². The molecule has 4 heteroatoms. The van der Waals surface area contributed by atoms with Crippen molar-refractivity contribution < 1.29 is 13.6 Å². The summed E-state index contributed by atoms with van der Waals surface area (Å²) in [7, 11) is 0. The molecule has 0 saturated heterocycles. The Hall–Kier alpha value is -2.75. The first-order valence-corrected chi connectivity index (χ1v) is 7.36. The third kappa shape index (κ3) is 3.06. The average Bonchev–Trinajstić information content (AvgIpc) is 2.54. The highest BCUT2D eigenvalue weighted by molar-refractivity contribution is 5.89. The molecular weight excluding hydrogens is 295 g/mol. The molecule has 0 atom stereocenters. The maximum absolute atomic E-state index is 13.2. The van der Waals surface area contributed by atoms with Crippen molar-refractivity contribution in [2.75, 3.05) is 0 Å². The average molecular weight is 310 g/mol. The molecule has 2 aromatic carbocycles. The summed E-state index contributed by atoms with van der Waals surface area (Å²) in [5.41, 5.74) is 0.973. The molecule has 1 heterocycles. The molecule has 0 radical (unpaired) electrons. The molecule has 3 rings (SSSR count). The summed E-state index contributed by atoms with van der Waals surface area (Å²) in [5, 5.41) is 1.25.